The zero-order valence-corrected chi connectivity index (χ0v) is 14.7. The first-order valence-corrected chi connectivity index (χ1v) is 8.33. The summed E-state index contributed by atoms with van der Waals surface area (Å²) >= 11 is 0. The number of nitrogens with zero attached hydrogens (tertiary/aromatic N) is 1. The van der Waals surface area contributed by atoms with Crippen LogP contribution in [0.25, 0.3) is 0 Å². The fourth-order valence-electron chi connectivity index (χ4n) is 2.22. The second-order valence-corrected chi connectivity index (χ2v) is 5.54. The number of amides is 1. The Kier molecular flexibility index (Phi) is 6.51. The van der Waals surface area contributed by atoms with Crippen molar-refractivity contribution in [3.05, 3.63) is 53.7 Å². The van der Waals surface area contributed by atoms with Gasteiger partial charge in [-0.05, 0) is 43.7 Å². The molecule has 1 heterocycles. The lowest BCUT2D eigenvalue weighted by Crippen LogP contribution is -2.11. The van der Waals surface area contributed by atoms with Crippen molar-refractivity contribution < 1.29 is 14.3 Å². The van der Waals surface area contributed by atoms with Gasteiger partial charge >= 0.3 is 5.97 Å². The van der Waals surface area contributed by atoms with E-state index in [0.717, 1.165) is 11.3 Å². The number of rotatable bonds is 7. The largest absolute Gasteiger partial charge is 0.462 e. The summed E-state index contributed by atoms with van der Waals surface area (Å²) in [4.78, 5) is 27.3. The van der Waals surface area contributed by atoms with Gasteiger partial charge in [-0.2, -0.15) is 0 Å². The predicted molar refractivity (Wildman–Crippen MR) is 97.6 cm³/mol. The van der Waals surface area contributed by atoms with E-state index in [4.69, 9.17) is 4.74 Å². The summed E-state index contributed by atoms with van der Waals surface area (Å²) < 4.78 is 4.94. The Morgan fingerprint density at radius 3 is 2.40 bits per heavy atom. The third-order valence-electron chi connectivity index (χ3n) is 3.65. The molecule has 1 aromatic carbocycles. The lowest BCUT2D eigenvalue weighted by atomic mass is 10.1. The highest BCUT2D eigenvalue weighted by Gasteiger charge is 2.09. The first-order chi connectivity index (χ1) is 12.0. The number of nitrogens with one attached hydrogen (secondary N) is 2. The van der Waals surface area contributed by atoms with Crippen LogP contribution in [0.3, 0.4) is 0 Å². The molecule has 1 amide bonds. The van der Waals surface area contributed by atoms with Crippen LogP contribution in [0.4, 0.5) is 11.5 Å². The number of esters is 1. The molecule has 0 radical (unpaired) electrons. The molecule has 6 heteroatoms. The van der Waals surface area contributed by atoms with Gasteiger partial charge in [0.25, 0.3) is 0 Å². The number of carbonyl (C=O) groups is 2. The van der Waals surface area contributed by atoms with E-state index in [1.807, 2.05) is 38.1 Å². The highest BCUT2D eigenvalue weighted by Crippen LogP contribution is 2.20. The van der Waals surface area contributed by atoms with Gasteiger partial charge in [0.15, 0.2) is 0 Å². The first-order valence-electron chi connectivity index (χ1n) is 8.33. The van der Waals surface area contributed by atoms with Crippen LogP contribution in [0.2, 0.25) is 0 Å². The Labute approximate surface area is 147 Å². The van der Waals surface area contributed by atoms with E-state index >= 15 is 0 Å². The molecule has 0 saturated carbocycles. The molecule has 2 aromatic rings. The Balaban J connectivity index is 1.98. The lowest BCUT2D eigenvalue weighted by molar-refractivity contribution is -0.115. The fourth-order valence-corrected chi connectivity index (χ4v) is 2.22. The summed E-state index contributed by atoms with van der Waals surface area (Å²) in [6.45, 7) is 5.93. The van der Waals surface area contributed by atoms with Crippen molar-refractivity contribution in [2.24, 2.45) is 0 Å². The number of anilines is 2. The second-order valence-electron chi connectivity index (χ2n) is 5.54. The third kappa shape index (κ3) is 5.31. The molecule has 0 bridgehead atoms. The summed E-state index contributed by atoms with van der Waals surface area (Å²) in [6, 6.07) is 11.1. The van der Waals surface area contributed by atoms with Crippen molar-refractivity contribution in [2.45, 2.75) is 33.2 Å². The van der Waals surface area contributed by atoms with E-state index in [1.54, 1.807) is 19.1 Å². The SMILES string of the molecule is CCOC(=O)c1ccc(N[C@@H](C)c2ccc(NC(=O)CC)cc2)nc1. The van der Waals surface area contributed by atoms with Crippen LogP contribution in [0.15, 0.2) is 42.6 Å². The fraction of sp³-hybridized carbons (Fsp3) is 0.316. The molecule has 1 atom stereocenters. The molecule has 6 nitrogen and oxygen atoms in total. The van der Waals surface area contributed by atoms with Crippen molar-refractivity contribution >= 4 is 23.4 Å². The molecule has 0 saturated heterocycles. The van der Waals surface area contributed by atoms with Gasteiger partial charge in [-0.25, -0.2) is 9.78 Å². The van der Waals surface area contributed by atoms with E-state index in [0.29, 0.717) is 24.4 Å². The molecule has 0 unspecified atom stereocenters. The molecule has 0 aliphatic carbocycles. The molecule has 1 aromatic heterocycles. The molecule has 0 spiro atoms. The maximum atomic E-state index is 11.6. The van der Waals surface area contributed by atoms with Gasteiger partial charge in [-0.1, -0.05) is 19.1 Å². The molecule has 25 heavy (non-hydrogen) atoms. The zero-order valence-electron chi connectivity index (χ0n) is 14.7. The zero-order chi connectivity index (χ0) is 18.2. The number of benzene rings is 1. The average molecular weight is 341 g/mol. The summed E-state index contributed by atoms with van der Waals surface area (Å²) in [6.07, 6.45) is 1.95. The number of pyridine rings is 1. The van der Waals surface area contributed by atoms with E-state index < -0.39 is 0 Å². The Bertz CT molecular complexity index is 712. The predicted octanol–water partition coefficient (Wildman–Crippen LogP) is 3.78. The van der Waals surface area contributed by atoms with Crippen LogP contribution < -0.4 is 10.6 Å². The standard InChI is InChI=1S/C19H23N3O3/c1-4-18(23)22-16-9-6-14(7-10-16)13(3)21-17-11-8-15(12-20-17)19(24)25-5-2/h6-13H,4-5H2,1-3H3,(H,20,21)(H,22,23)/t13-/m0/s1. The molecular formula is C19H23N3O3. The molecule has 2 N–H and O–H groups in total. The van der Waals surface area contributed by atoms with Gasteiger partial charge in [0, 0.05) is 24.3 Å². The number of hydrogen-bond acceptors (Lipinski definition) is 5. The second kappa shape index (κ2) is 8.82. The average Bonchev–Trinajstić information content (AvgIpc) is 2.63. The van der Waals surface area contributed by atoms with E-state index in [-0.39, 0.29) is 17.9 Å². The lowest BCUT2D eigenvalue weighted by Gasteiger charge is -2.15. The smallest absolute Gasteiger partial charge is 0.339 e. The highest BCUT2D eigenvalue weighted by atomic mass is 16.5. The Hall–Kier alpha value is -2.89. The quantitative estimate of drug-likeness (QED) is 0.749. The van der Waals surface area contributed by atoms with E-state index in [2.05, 4.69) is 15.6 Å². The normalized spacial score (nSPS) is 11.5. The maximum Gasteiger partial charge on any atom is 0.339 e. The summed E-state index contributed by atoms with van der Waals surface area (Å²) in [5.74, 6) is 0.285. The van der Waals surface area contributed by atoms with Gasteiger partial charge in [-0.15, -0.1) is 0 Å². The van der Waals surface area contributed by atoms with Crippen molar-refractivity contribution in [1.82, 2.24) is 4.98 Å². The van der Waals surface area contributed by atoms with Crippen LogP contribution in [0.5, 0.6) is 0 Å². The third-order valence-corrected chi connectivity index (χ3v) is 3.65. The molecule has 2 rings (SSSR count). The van der Waals surface area contributed by atoms with Crippen LogP contribution in [-0.2, 0) is 9.53 Å². The van der Waals surface area contributed by atoms with Gasteiger partial charge < -0.3 is 15.4 Å². The monoisotopic (exact) mass is 341 g/mol. The Morgan fingerprint density at radius 2 is 1.84 bits per heavy atom. The van der Waals surface area contributed by atoms with Crippen LogP contribution >= 0.6 is 0 Å². The van der Waals surface area contributed by atoms with Gasteiger partial charge in [0.2, 0.25) is 5.91 Å². The van der Waals surface area contributed by atoms with Crippen LogP contribution in [0, 0.1) is 0 Å². The van der Waals surface area contributed by atoms with E-state index in [9.17, 15) is 9.59 Å². The number of carbonyl (C=O) groups excluding carboxylic acids is 2. The number of ether oxygens (including phenoxy) is 1. The summed E-state index contributed by atoms with van der Waals surface area (Å²) in [5.41, 5.74) is 2.27. The van der Waals surface area contributed by atoms with Crippen molar-refractivity contribution in [2.75, 3.05) is 17.2 Å². The molecule has 0 aliphatic heterocycles. The van der Waals surface area contributed by atoms with Crippen molar-refractivity contribution in [3.63, 3.8) is 0 Å². The summed E-state index contributed by atoms with van der Waals surface area (Å²) in [7, 11) is 0. The molecular weight excluding hydrogens is 318 g/mol. The van der Waals surface area contributed by atoms with Crippen LogP contribution in [0.1, 0.15) is 49.2 Å². The van der Waals surface area contributed by atoms with Crippen molar-refractivity contribution in [1.29, 1.82) is 0 Å². The van der Waals surface area contributed by atoms with E-state index in [1.165, 1.54) is 6.20 Å². The molecule has 0 fully saturated rings. The minimum absolute atomic E-state index is 0.00943. The maximum absolute atomic E-state index is 11.6. The Morgan fingerprint density at radius 1 is 1.12 bits per heavy atom. The number of aromatic nitrogens is 1. The van der Waals surface area contributed by atoms with Gasteiger partial charge in [-0.3, -0.25) is 4.79 Å². The van der Waals surface area contributed by atoms with Gasteiger partial charge in [0.05, 0.1) is 12.2 Å². The van der Waals surface area contributed by atoms with Crippen LogP contribution in [-0.4, -0.2) is 23.5 Å². The molecule has 132 valence electrons. The topological polar surface area (TPSA) is 80.3 Å². The highest BCUT2D eigenvalue weighted by molar-refractivity contribution is 5.90. The minimum Gasteiger partial charge on any atom is -0.462 e. The molecule has 0 aliphatic rings. The minimum atomic E-state index is -0.376. The van der Waals surface area contributed by atoms with Gasteiger partial charge in [0.1, 0.15) is 5.82 Å². The number of hydrogen-bond donors (Lipinski definition) is 2. The first kappa shape index (κ1) is 18.4. The summed E-state index contributed by atoms with van der Waals surface area (Å²) in [5, 5.41) is 6.10. The van der Waals surface area contributed by atoms with Crippen molar-refractivity contribution in [3.8, 4) is 0 Å².